The molecule has 1 aliphatic heterocycles. The number of carbonyl (C=O) groups is 4. The van der Waals surface area contributed by atoms with E-state index in [1.165, 1.54) is 11.9 Å². The Morgan fingerprint density at radius 3 is 2.43 bits per heavy atom. The number of carbonyl (C=O) groups excluding carboxylic acids is 4. The second-order valence-corrected chi connectivity index (χ2v) is 15.3. The number of aromatic nitrogens is 1. The number of esters is 2. The molecule has 2 fully saturated rings. The minimum absolute atomic E-state index is 0.127. The number of nitrogens with one attached hydrogen (secondary N) is 2. The second-order valence-electron chi connectivity index (χ2n) is 12.8. The van der Waals surface area contributed by atoms with Crippen LogP contribution in [-0.4, -0.2) is 68.9 Å². The van der Waals surface area contributed by atoms with E-state index < -0.39 is 57.8 Å². The third-order valence-electron chi connectivity index (χ3n) is 7.93. The van der Waals surface area contributed by atoms with Crippen LogP contribution in [0.2, 0.25) is 0 Å². The normalized spacial score (nSPS) is 18.8. The van der Waals surface area contributed by atoms with Gasteiger partial charge < -0.3 is 14.8 Å². The summed E-state index contributed by atoms with van der Waals surface area (Å²) in [4.78, 5) is 57.0. The van der Waals surface area contributed by atoms with Crippen molar-refractivity contribution >= 4 is 75.5 Å². The summed E-state index contributed by atoms with van der Waals surface area (Å²) in [5, 5.41) is 4.99. The zero-order chi connectivity index (χ0) is 33.8. The fraction of sp³-hybridized carbons (Fsp3) is 0.545. The van der Waals surface area contributed by atoms with Gasteiger partial charge in [0.05, 0.1) is 10.9 Å². The number of benzene rings is 1. The van der Waals surface area contributed by atoms with Crippen molar-refractivity contribution in [3.05, 3.63) is 47.7 Å². The van der Waals surface area contributed by atoms with Crippen LogP contribution in [-0.2, 0) is 28.7 Å². The number of rotatable bonds is 11. The molecule has 1 aromatic carbocycles. The van der Waals surface area contributed by atoms with E-state index in [0.717, 1.165) is 35.0 Å². The molecule has 1 saturated carbocycles. The van der Waals surface area contributed by atoms with Gasteiger partial charge in [-0.2, -0.15) is 0 Å². The van der Waals surface area contributed by atoms with Gasteiger partial charge in [0, 0.05) is 23.5 Å². The first-order valence-corrected chi connectivity index (χ1v) is 16.6. The standard InChI is InChI=1S/C33H41Cl3N4O6/c1-19(2)24-13-12-22-9-8-21(17-26(22)38-24)14-15-32(4,5)31(44)46-27(23-10-11-23)28(41)37-20(3)29(42)40-16-6-7-25(39-40)30(43)45-18-33(34,35)36/h8-9,12-15,17,19-20,23,25,27,39H,6-7,10-11,16,18H2,1-5H3,(H,37,41)/b15-14+/t20-,25-,27?/m0/s1. The molecule has 1 unspecified atom stereocenters. The van der Waals surface area contributed by atoms with Crippen LogP contribution >= 0.6 is 34.8 Å². The predicted molar refractivity (Wildman–Crippen MR) is 178 cm³/mol. The fourth-order valence-electron chi connectivity index (χ4n) is 4.94. The van der Waals surface area contributed by atoms with Crippen molar-refractivity contribution < 1.29 is 28.7 Å². The number of halogens is 3. The summed E-state index contributed by atoms with van der Waals surface area (Å²) >= 11 is 17.0. The van der Waals surface area contributed by atoms with Gasteiger partial charge in [0.25, 0.3) is 11.8 Å². The zero-order valence-electron chi connectivity index (χ0n) is 26.6. The van der Waals surface area contributed by atoms with Crippen molar-refractivity contribution in [2.75, 3.05) is 13.2 Å². The molecule has 13 heteroatoms. The van der Waals surface area contributed by atoms with E-state index in [9.17, 15) is 19.2 Å². The molecular formula is C33H41Cl3N4O6. The summed E-state index contributed by atoms with van der Waals surface area (Å²) in [6.07, 6.45) is 4.98. The minimum Gasteiger partial charge on any atom is -0.460 e. The van der Waals surface area contributed by atoms with Gasteiger partial charge in [0.2, 0.25) is 3.79 Å². The lowest BCUT2D eigenvalue weighted by molar-refractivity contribution is -0.164. The summed E-state index contributed by atoms with van der Waals surface area (Å²) in [5.41, 5.74) is 4.57. The van der Waals surface area contributed by atoms with Gasteiger partial charge in [0.15, 0.2) is 6.10 Å². The van der Waals surface area contributed by atoms with Crippen LogP contribution in [0, 0.1) is 11.3 Å². The molecule has 4 rings (SSSR count). The third kappa shape index (κ3) is 9.80. The van der Waals surface area contributed by atoms with Gasteiger partial charge >= 0.3 is 11.9 Å². The van der Waals surface area contributed by atoms with Crippen molar-refractivity contribution in [1.82, 2.24) is 20.7 Å². The van der Waals surface area contributed by atoms with Crippen LogP contribution in [0.4, 0.5) is 0 Å². The van der Waals surface area contributed by atoms with E-state index in [0.29, 0.717) is 25.3 Å². The Kier molecular flexibility index (Phi) is 11.6. The smallest absolute Gasteiger partial charge is 0.325 e. The largest absolute Gasteiger partial charge is 0.460 e. The highest BCUT2D eigenvalue weighted by Gasteiger charge is 2.42. The molecule has 2 amide bonds. The number of hydrazine groups is 1. The maximum Gasteiger partial charge on any atom is 0.325 e. The Bertz CT molecular complexity index is 1490. The Hall–Kier alpha value is -2.92. The number of hydrogen-bond acceptors (Lipinski definition) is 8. The summed E-state index contributed by atoms with van der Waals surface area (Å²) in [7, 11) is 0. The molecule has 2 N–H and O–H groups in total. The molecule has 46 heavy (non-hydrogen) atoms. The van der Waals surface area contributed by atoms with Gasteiger partial charge in [-0.15, -0.1) is 0 Å². The van der Waals surface area contributed by atoms with Gasteiger partial charge in [-0.05, 0) is 70.1 Å². The predicted octanol–water partition coefficient (Wildman–Crippen LogP) is 5.63. The Labute approximate surface area is 284 Å². The summed E-state index contributed by atoms with van der Waals surface area (Å²) in [6.45, 7) is 9.08. The maximum absolute atomic E-state index is 13.3. The highest BCUT2D eigenvalue weighted by atomic mass is 35.6. The molecule has 0 spiro atoms. The molecule has 2 heterocycles. The Balaban J connectivity index is 1.35. The van der Waals surface area contributed by atoms with Gasteiger partial charge in [0.1, 0.15) is 18.7 Å². The number of alkyl halides is 3. The third-order valence-corrected chi connectivity index (χ3v) is 8.26. The molecule has 1 aromatic heterocycles. The van der Waals surface area contributed by atoms with Crippen molar-refractivity contribution in [2.24, 2.45) is 11.3 Å². The van der Waals surface area contributed by atoms with Crippen LogP contribution in [0.3, 0.4) is 0 Å². The Morgan fingerprint density at radius 1 is 1.09 bits per heavy atom. The summed E-state index contributed by atoms with van der Waals surface area (Å²) in [5.74, 6) is -2.03. The average Bonchev–Trinajstić information content (AvgIpc) is 3.85. The monoisotopic (exact) mass is 694 g/mol. The quantitative estimate of drug-likeness (QED) is 0.229. The lowest BCUT2D eigenvalue weighted by atomic mass is 9.92. The van der Waals surface area contributed by atoms with E-state index in [-0.39, 0.29) is 5.92 Å². The van der Waals surface area contributed by atoms with Crippen molar-refractivity contribution in [3.63, 3.8) is 0 Å². The number of hydrogen-bond donors (Lipinski definition) is 2. The highest BCUT2D eigenvalue weighted by Crippen LogP contribution is 2.36. The molecular weight excluding hydrogens is 655 g/mol. The number of nitrogens with zero attached hydrogens (tertiary/aromatic N) is 2. The molecule has 1 aliphatic carbocycles. The van der Waals surface area contributed by atoms with E-state index >= 15 is 0 Å². The number of fused-ring (bicyclic) bond motifs is 1. The molecule has 250 valence electrons. The lowest BCUT2D eigenvalue weighted by Crippen LogP contribution is -2.60. The molecule has 2 aromatic rings. The lowest BCUT2D eigenvalue weighted by Gasteiger charge is -2.34. The molecule has 0 radical (unpaired) electrons. The number of amides is 2. The number of pyridine rings is 1. The van der Waals surface area contributed by atoms with Gasteiger partial charge in [-0.1, -0.05) is 79.0 Å². The molecule has 2 aliphatic rings. The first-order chi connectivity index (χ1) is 21.5. The minimum atomic E-state index is -1.75. The van der Waals surface area contributed by atoms with E-state index in [1.54, 1.807) is 19.9 Å². The molecule has 1 saturated heterocycles. The van der Waals surface area contributed by atoms with E-state index in [4.69, 9.17) is 49.3 Å². The topological polar surface area (TPSA) is 127 Å². The molecule has 0 bridgehead atoms. The molecule has 10 nitrogen and oxygen atoms in total. The highest BCUT2D eigenvalue weighted by molar-refractivity contribution is 6.67. The molecule has 3 atom stereocenters. The van der Waals surface area contributed by atoms with Crippen LogP contribution in [0.1, 0.15) is 77.5 Å². The second kappa shape index (κ2) is 14.9. The Morgan fingerprint density at radius 2 is 1.78 bits per heavy atom. The summed E-state index contributed by atoms with van der Waals surface area (Å²) in [6, 6.07) is 8.24. The van der Waals surface area contributed by atoms with Crippen molar-refractivity contribution in [1.29, 1.82) is 0 Å². The first-order valence-electron chi connectivity index (χ1n) is 15.5. The van der Waals surface area contributed by atoms with Crippen LogP contribution in [0.15, 0.2) is 36.4 Å². The van der Waals surface area contributed by atoms with E-state index in [2.05, 4.69) is 30.7 Å². The summed E-state index contributed by atoms with van der Waals surface area (Å²) < 4.78 is 9.07. The van der Waals surface area contributed by atoms with Crippen molar-refractivity contribution in [3.8, 4) is 0 Å². The zero-order valence-corrected chi connectivity index (χ0v) is 28.9. The maximum atomic E-state index is 13.3. The SMILES string of the molecule is CC(C)c1ccc2ccc(/C=C/C(C)(C)C(=O)OC(C(=O)N[C@@H](C)C(=O)N3CCC[C@@H](C(=O)OCC(Cl)(Cl)Cl)N3)C3CC3)cc2n1. The number of ether oxygens (including phenoxy) is 2. The van der Waals surface area contributed by atoms with Crippen LogP contribution in [0.5, 0.6) is 0 Å². The van der Waals surface area contributed by atoms with Gasteiger partial charge in [-0.25, -0.2) is 5.43 Å². The van der Waals surface area contributed by atoms with Gasteiger partial charge in [-0.3, -0.25) is 29.2 Å². The average molecular weight is 696 g/mol. The fourth-order valence-corrected chi connectivity index (χ4v) is 5.10. The van der Waals surface area contributed by atoms with Crippen LogP contribution < -0.4 is 10.7 Å². The van der Waals surface area contributed by atoms with Crippen molar-refractivity contribution in [2.45, 2.75) is 88.2 Å². The first kappa shape index (κ1) is 35.9. The van der Waals surface area contributed by atoms with Crippen LogP contribution in [0.25, 0.3) is 17.0 Å². The van der Waals surface area contributed by atoms with E-state index in [1.807, 2.05) is 30.3 Å².